The molecule has 24 heavy (non-hydrogen) atoms. The molecule has 1 spiro atoms. The van der Waals surface area contributed by atoms with Gasteiger partial charge in [0.25, 0.3) is 0 Å². The van der Waals surface area contributed by atoms with Crippen LogP contribution >= 0.6 is 0 Å². The highest BCUT2D eigenvalue weighted by molar-refractivity contribution is 5.77. The minimum atomic E-state index is 0.154. The molecule has 5 nitrogen and oxygen atoms in total. The van der Waals surface area contributed by atoms with Crippen LogP contribution in [0.3, 0.4) is 0 Å². The Labute approximate surface area is 144 Å². The fraction of sp³-hybridized carbons (Fsp3) is 0.737. The number of aliphatic hydroxyl groups excluding tert-OH is 1. The van der Waals surface area contributed by atoms with Gasteiger partial charge < -0.3 is 14.4 Å². The lowest BCUT2D eigenvalue weighted by Gasteiger charge is -2.48. The first kappa shape index (κ1) is 17.5. The summed E-state index contributed by atoms with van der Waals surface area (Å²) in [5.74, 6) is 2.35. The topological polar surface area (TPSA) is 56.9 Å². The summed E-state index contributed by atoms with van der Waals surface area (Å²) in [5, 5.41) is 9.06. The average Bonchev–Trinajstić information content (AvgIpc) is 3.04. The van der Waals surface area contributed by atoms with E-state index in [1.54, 1.807) is 0 Å². The number of piperidine rings is 2. The number of aryl methyl sites for hydroxylation is 1. The predicted molar refractivity (Wildman–Crippen MR) is 92.5 cm³/mol. The minimum Gasteiger partial charge on any atom is -0.465 e. The van der Waals surface area contributed by atoms with Crippen LogP contribution in [0.1, 0.15) is 50.5 Å². The third-order valence-electron chi connectivity index (χ3n) is 5.52. The van der Waals surface area contributed by atoms with Gasteiger partial charge in [-0.05, 0) is 44.4 Å². The molecule has 1 amide bonds. The number of furan rings is 1. The molecule has 0 aromatic carbocycles. The fourth-order valence-corrected chi connectivity index (χ4v) is 4.26. The third-order valence-corrected chi connectivity index (χ3v) is 5.52. The van der Waals surface area contributed by atoms with E-state index in [0.29, 0.717) is 19.4 Å². The van der Waals surface area contributed by atoms with E-state index in [4.69, 9.17) is 9.52 Å². The zero-order valence-electron chi connectivity index (χ0n) is 14.8. The number of carbonyl (C=O) groups excluding carboxylic acids is 1. The predicted octanol–water partition coefficient (Wildman–Crippen LogP) is 2.43. The van der Waals surface area contributed by atoms with Crippen LogP contribution in [-0.4, -0.2) is 53.6 Å². The number of aliphatic hydroxyl groups is 1. The highest BCUT2D eigenvalue weighted by Crippen LogP contribution is 2.39. The smallest absolute Gasteiger partial charge is 0.222 e. The molecule has 2 saturated heterocycles. The Morgan fingerprint density at radius 3 is 2.83 bits per heavy atom. The molecule has 0 bridgehead atoms. The molecule has 1 atom stereocenters. The zero-order valence-corrected chi connectivity index (χ0v) is 14.8. The van der Waals surface area contributed by atoms with Gasteiger partial charge in [-0.25, -0.2) is 0 Å². The summed E-state index contributed by atoms with van der Waals surface area (Å²) in [6.45, 7) is 6.81. The number of carbonyl (C=O) groups is 1. The monoisotopic (exact) mass is 334 g/mol. The molecule has 0 aliphatic carbocycles. The lowest BCUT2D eigenvalue weighted by molar-refractivity contribution is -0.139. The van der Waals surface area contributed by atoms with Gasteiger partial charge in [-0.1, -0.05) is 6.92 Å². The van der Waals surface area contributed by atoms with Crippen molar-refractivity contribution in [1.82, 2.24) is 9.80 Å². The molecule has 1 aromatic rings. The summed E-state index contributed by atoms with van der Waals surface area (Å²) in [5.41, 5.74) is 0.224. The number of hydrogen-bond donors (Lipinski definition) is 1. The SMILES string of the molecule is CCc1ccc(CN2CCCC3(CCC(=O)N(CCCO)C3)C2)o1. The first-order valence-corrected chi connectivity index (χ1v) is 9.33. The van der Waals surface area contributed by atoms with E-state index in [2.05, 4.69) is 24.0 Å². The van der Waals surface area contributed by atoms with Gasteiger partial charge in [0, 0.05) is 44.5 Å². The van der Waals surface area contributed by atoms with Crippen LogP contribution in [0.2, 0.25) is 0 Å². The molecular formula is C19H30N2O3. The van der Waals surface area contributed by atoms with Crippen LogP contribution in [0.5, 0.6) is 0 Å². The van der Waals surface area contributed by atoms with Crippen LogP contribution in [-0.2, 0) is 17.8 Å². The van der Waals surface area contributed by atoms with Crippen molar-refractivity contribution in [2.45, 2.75) is 52.0 Å². The molecule has 2 fully saturated rings. The maximum absolute atomic E-state index is 12.2. The normalized spacial score (nSPS) is 25.6. The number of amides is 1. The Bertz CT molecular complexity index is 557. The van der Waals surface area contributed by atoms with Crippen molar-refractivity contribution in [3.63, 3.8) is 0 Å². The summed E-state index contributed by atoms with van der Waals surface area (Å²) in [6.07, 6.45) is 5.65. The van der Waals surface area contributed by atoms with Gasteiger partial charge in [-0.15, -0.1) is 0 Å². The van der Waals surface area contributed by atoms with E-state index >= 15 is 0 Å². The summed E-state index contributed by atoms with van der Waals surface area (Å²) in [4.78, 5) is 16.6. The van der Waals surface area contributed by atoms with E-state index in [1.165, 1.54) is 12.8 Å². The average molecular weight is 334 g/mol. The molecular weight excluding hydrogens is 304 g/mol. The largest absolute Gasteiger partial charge is 0.465 e. The Morgan fingerprint density at radius 1 is 1.25 bits per heavy atom. The lowest BCUT2D eigenvalue weighted by Crippen LogP contribution is -2.54. The van der Waals surface area contributed by atoms with Crippen molar-refractivity contribution < 1.29 is 14.3 Å². The molecule has 1 aromatic heterocycles. The second-order valence-electron chi connectivity index (χ2n) is 7.43. The molecule has 0 saturated carbocycles. The Hall–Kier alpha value is -1.33. The van der Waals surface area contributed by atoms with E-state index < -0.39 is 0 Å². The van der Waals surface area contributed by atoms with Crippen LogP contribution in [0, 0.1) is 5.41 Å². The van der Waals surface area contributed by atoms with Gasteiger partial charge in [0.2, 0.25) is 5.91 Å². The first-order chi connectivity index (χ1) is 11.6. The highest BCUT2D eigenvalue weighted by Gasteiger charge is 2.41. The van der Waals surface area contributed by atoms with Gasteiger partial charge in [0.15, 0.2) is 0 Å². The summed E-state index contributed by atoms with van der Waals surface area (Å²) in [7, 11) is 0. The quantitative estimate of drug-likeness (QED) is 0.868. The maximum Gasteiger partial charge on any atom is 0.222 e. The van der Waals surface area contributed by atoms with Crippen molar-refractivity contribution >= 4 is 5.91 Å². The van der Waals surface area contributed by atoms with Crippen LogP contribution < -0.4 is 0 Å². The van der Waals surface area contributed by atoms with E-state index in [1.807, 2.05) is 4.90 Å². The van der Waals surface area contributed by atoms with Gasteiger partial charge in [0.1, 0.15) is 11.5 Å². The molecule has 2 aliphatic heterocycles. The highest BCUT2D eigenvalue weighted by atomic mass is 16.3. The standard InChI is InChI=1S/C19H30N2O3/c1-2-16-5-6-17(24-16)13-20-10-3-8-19(14-20)9-7-18(23)21(15-19)11-4-12-22/h5-6,22H,2-4,7-15H2,1H3. The number of likely N-dealkylation sites (tertiary alicyclic amines) is 2. The van der Waals surface area contributed by atoms with Gasteiger partial charge in [0.05, 0.1) is 6.54 Å². The van der Waals surface area contributed by atoms with Crippen molar-refractivity contribution in [2.24, 2.45) is 5.41 Å². The van der Waals surface area contributed by atoms with Gasteiger partial charge in [-0.3, -0.25) is 9.69 Å². The van der Waals surface area contributed by atoms with E-state index in [0.717, 1.165) is 50.5 Å². The fourth-order valence-electron chi connectivity index (χ4n) is 4.26. The Balaban J connectivity index is 1.62. The molecule has 1 unspecified atom stereocenters. The lowest BCUT2D eigenvalue weighted by atomic mass is 9.73. The zero-order chi connectivity index (χ0) is 17.0. The third kappa shape index (κ3) is 4.01. The number of rotatable bonds is 6. The first-order valence-electron chi connectivity index (χ1n) is 9.33. The van der Waals surface area contributed by atoms with Crippen LogP contribution in [0.25, 0.3) is 0 Å². The number of hydrogen-bond acceptors (Lipinski definition) is 4. The molecule has 0 radical (unpaired) electrons. The van der Waals surface area contributed by atoms with Gasteiger partial charge in [-0.2, -0.15) is 0 Å². The van der Waals surface area contributed by atoms with Crippen molar-refractivity contribution in [3.05, 3.63) is 23.7 Å². The summed E-state index contributed by atoms with van der Waals surface area (Å²) >= 11 is 0. The van der Waals surface area contributed by atoms with Crippen LogP contribution in [0.4, 0.5) is 0 Å². The minimum absolute atomic E-state index is 0.154. The second kappa shape index (κ2) is 7.70. The molecule has 1 N–H and O–H groups in total. The van der Waals surface area contributed by atoms with Crippen molar-refractivity contribution in [2.75, 3.05) is 32.8 Å². The molecule has 134 valence electrons. The number of nitrogens with zero attached hydrogens (tertiary/aromatic N) is 2. The Morgan fingerprint density at radius 2 is 2.08 bits per heavy atom. The van der Waals surface area contributed by atoms with Crippen molar-refractivity contribution in [3.8, 4) is 0 Å². The summed E-state index contributed by atoms with van der Waals surface area (Å²) in [6, 6.07) is 4.17. The molecule has 5 heteroatoms. The van der Waals surface area contributed by atoms with E-state index in [9.17, 15) is 4.79 Å². The second-order valence-corrected chi connectivity index (χ2v) is 7.43. The molecule has 2 aliphatic rings. The summed E-state index contributed by atoms with van der Waals surface area (Å²) < 4.78 is 5.87. The maximum atomic E-state index is 12.2. The molecule has 3 heterocycles. The van der Waals surface area contributed by atoms with E-state index in [-0.39, 0.29) is 17.9 Å². The Kier molecular flexibility index (Phi) is 5.61. The van der Waals surface area contributed by atoms with Crippen molar-refractivity contribution in [1.29, 1.82) is 0 Å². The molecule has 3 rings (SSSR count). The van der Waals surface area contributed by atoms with Crippen LogP contribution in [0.15, 0.2) is 16.5 Å². The van der Waals surface area contributed by atoms with Gasteiger partial charge >= 0.3 is 0 Å².